The third kappa shape index (κ3) is 2.37. The van der Waals surface area contributed by atoms with Crippen LogP contribution in [0, 0.1) is 13.8 Å². The van der Waals surface area contributed by atoms with Crippen molar-refractivity contribution in [1.29, 1.82) is 0 Å². The highest BCUT2D eigenvalue weighted by Gasteiger charge is 2.09. The summed E-state index contributed by atoms with van der Waals surface area (Å²) in [6.07, 6.45) is 0.685. The molecular formula is C12H14N4O2. The molecule has 0 bridgehead atoms. The van der Waals surface area contributed by atoms with Gasteiger partial charge in [-0.25, -0.2) is 4.98 Å². The molecule has 2 aromatic rings. The molecule has 0 aliphatic carbocycles. The number of aryl methyl sites for hydroxylation is 2. The minimum atomic E-state index is 0.253. The quantitative estimate of drug-likeness (QED) is 0.758. The molecule has 94 valence electrons. The van der Waals surface area contributed by atoms with Crippen molar-refractivity contribution in [3.05, 3.63) is 35.2 Å². The Balaban J connectivity index is 2.15. The lowest BCUT2D eigenvalue weighted by Crippen LogP contribution is -2.06. The highest BCUT2D eigenvalue weighted by Crippen LogP contribution is 2.16. The summed E-state index contributed by atoms with van der Waals surface area (Å²) in [5, 5.41) is 7.92. The van der Waals surface area contributed by atoms with Crippen molar-refractivity contribution < 1.29 is 9.53 Å². The van der Waals surface area contributed by atoms with Gasteiger partial charge in [-0.2, -0.15) is 0 Å². The largest absolute Gasteiger partial charge is 0.483 e. The van der Waals surface area contributed by atoms with Crippen LogP contribution in [0.1, 0.15) is 27.8 Å². The first kappa shape index (κ1) is 12.2. The van der Waals surface area contributed by atoms with E-state index in [0.717, 1.165) is 11.5 Å². The van der Waals surface area contributed by atoms with Gasteiger partial charge in [0.25, 0.3) is 0 Å². The van der Waals surface area contributed by atoms with Crippen LogP contribution >= 0.6 is 0 Å². The van der Waals surface area contributed by atoms with Crippen molar-refractivity contribution in [2.45, 2.75) is 20.5 Å². The molecular weight excluding hydrogens is 232 g/mol. The molecule has 0 spiro atoms. The number of carbonyl (C=O) groups is 1. The van der Waals surface area contributed by atoms with Gasteiger partial charge in [0.05, 0.1) is 0 Å². The topological polar surface area (TPSA) is 69.9 Å². The first-order valence-electron chi connectivity index (χ1n) is 5.52. The predicted molar refractivity (Wildman–Crippen MR) is 64.4 cm³/mol. The lowest BCUT2D eigenvalue weighted by atomic mass is 10.3. The monoisotopic (exact) mass is 246 g/mol. The van der Waals surface area contributed by atoms with E-state index in [4.69, 9.17) is 4.74 Å². The summed E-state index contributed by atoms with van der Waals surface area (Å²) in [5.74, 6) is 1.97. The Morgan fingerprint density at radius 1 is 1.33 bits per heavy atom. The molecule has 2 rings (SSSR count). The Kier molecular flexibility index (Phi) is 3.36. The van der Waals surface area contributed by atoms with Crippen LogP contribution in [0.5, 0.6) is 5.75 Å². The summed E-state index contributed by atoms with van der Waals surface area (Å²) in [5.41, 5.74) is 1.08. The smallest absolute Gasteiger partial charge is 0.172 e. The summed E-state index contributed by atoms with van der Waals surface area (Å²) < 4.78 is 7.38. The van der Waals surface area contributed by atoms with Crippen LogP contribution in [0.15, 0.2) is 12.1 Å². The standard InChI is InChI=1S/C12H14N4O2/c1-8-4-5-11(10(6-17)13-8)18-7-12-15-14-9(2)16(12)3/h4-6H,7H2,1-3H3. The van der Waals surface area contributed by atoms with Crippen molar-refractivity contribution in [2.24, 2.45) is 7.05 Å². The van der Waals surface area contributed by atoms with E-state index in [2.05, 4.69) is 15.2 Å². The number of rotatable bonds is 4. The molecule has 0 saturated heterocycles. The number of ether oxygens (including phenoxy) is 1. The van der Waals surface area contributed by atoms with Gasteiger partial charge in [-0.05, 0) is 26.0 Å². The molecule has 6 heteroatoms. The van der Waals surface area contributed by atoms with Crippen molar-refractivity contribution in [3.8, 4) is 5.75 Å². The maximum absolute atomic E-state index is 10.9. The fraction of sp³-hybridized carbons (Fsp3) is 0.333. The summed E-state index contributed by atoms with van der Waals surface area (Å²) in [7, 11) is 1.86. The number of hydrogen-bond acceptors (Lipinski definition) is 5. The molecule has 0 N–H and O–H groups in total. The Labute approximate surface area is 105 Å². The van der Waals surface area contributed by atoms with E-state index in [1.165, 1.54) is 0 Å². The molecule has 0 amide bonds. The van der Waals surface area contributed by atoms with Crippen molar-refractivity contribution in [1.82, 2.24) is 19.7 Å². The van der Waals surface area contributed by atoms with Gasteiger partial charge >= 0.3 is 0 Å². The average Bonchev–Trinajstić information content (AvgIpc) is 2.68. The highest BCUT2D eigenvalue weighted by atomic mass is 16.5. The number of aldehydes is 1. The zero-order valence-corrected chi connectivity index (χ0v) is 10.5. The van der Waals surface area contributed by atoms with E-state index in [1.807, 2.05) is 25.5 Å². The van der Waals surface area contributed by atoms with Gasteiger partial charge in [0.15, 0.2) is 12.1 Å². The third-order valence-corrected chi connectivity index (χ3v) is 2.68. The van der Waals surface area contributed by atoms with Crippen LogP contribution < -0.4 is 4.74 Å². The number of nitrogens with zero attached hydrogens (tertiary/aromatic N) is 4. The Morgan fingerprint density at radius 3 is 2.72 bits per heavy atom. The van der Waals surface area contributed by atoms with Crippen LogP contribution in [0.25, 0.3) is 0 Å². The second-order valence-corrected chi connectivity index (χ2v) is 3.96. The van der Waals surface area contributed by atoms with Crippen molar-refractivity contribution in [2.75, 3.05) is 0 Å². The zero-order chi connectivity index (χ0) is 13.1. The van der Waals surface area contributed by atoms with Crippen LogP contribution in [-0.4, -0.2) is 26.0 Å². The molecule has 0 fully saturated rings. The first-order chi connectivity index (χ1) is 8.61. The molecule has 0 radical (unpaired) electrons. The number of pyridine rings is 1. The van der Waals surface area contributed by atoms with Gasteiger partial charge in [0.2, 0.25) is 0 Å². The SMILES string of the molecule is Cc1ccc(OCc2nnc(C)n2C)c(C=O)n1. The van der Waals surface area contributed by atoms with E-state index in [9.17, 15) is 4.79 Å². The van der Waals surface area contributed by atoms with E-state index in [-0.39, 0.29) is 6.61 Å². The van der Waals surface area contributed by atoms with E-state index < -0.39 is 0 Å². The molecule has 0 saturated carbocycles. The van der Waals surface area contributed by atoms with Crippen LogP contribution in [0.2, 0.25) is 0 Å². The summed E-state index contributed by atoms with van der Waals surface area (Å²) in [4.78, 5) is 15.0. The van der Waals surface area contributed by atoms with Gasteiger partial charge < -0.3 is 9.30 Å². The molecule has 6 nitrogen and oxygen atoms in total. The third-order valence-electron chi connectivity index (χ3n) is 2.68. The molecule has 0 aromatic carbocycles. The Morgan fingerprint density at radius 2 is 2.11 bits per heavy atom. The van der Waals surface area contributed by atoms with Crippen LogP contribution in [0.3, 0.4) is 0 Å². The molecule has 2 aromatic heterocycles. The van der Waals surface area contributed by atoms with Gasteiger partial charge in [-0.1, -0.05) is 0 Å². The summed E-state index contributed by atoms with van der Waals surface area (Å²) in [6.45, 7) is 3.94. The highest BCUT2D eigenvalue weighted by molar-refractivity contribution is 5.76. The molecule has 0 atom stereocenters. The Bertz CT molecular complexity index is 577. The number of carbonyl (C=O) groups excluding carboxylic acids is 1. The lowest BCUT2D eigenvalue weighted by molar-refractivity contribution is 0.111. The number of aromatic nitrogens is 4. The first-order valence-corrected chi connectivity index (χ1v) is 5.52. The van der Waals surface area contributed by atoms with Crippen molar-refractivity contribution in [3.63, 3.8) is 0 Å². The Hall–Kier alpha value is -2.24. The maximum atomic E-state index is 10.9. The second kappa shape index (κ2) is 4.95. The normalized spacial score (nSPS) is 10.4. The molecule has 0 aliphatic heterocycles. The second-order valence-electron chi connectivity index (χ2n) is 3.96. The molecule has 2 heterocycles. The van der Waals surface area contributed by atoms with Gasteiger partial charge in [0, 0.05) is 12.7 Å². The summed E-state index contributed by atoms with van der Waals surface area (Å²) >= 11 is 0. The fourth-order valence-corrected chi connectivity index (χ4v) is 1.49. The van der Waals surface area contributed by atoms with Crippen LogP contribution in [0.4, 0.5) is 0 Å². The lowest BCUT2D eigenvalue weighted by Gasteiger charge is -2.07. The molecule has 0 aliphatic rings. The molecule has 0 unspecified atom stereocenters. The van der Waals surface area contributed by atoms with Gasteiger partial charge in [-0.15, -0.1) is 10.2 Å². The van der Waals surface area contributed by atoms with E-state index >= 15 is 0 Å². The van der Waals surface area contributed by atoms with E-state index in [1.54, 1.807) is 12.1 Å². The minimum absolute atomic E-state index is 0.253. The summed E-state index contributed by atoms with van der Waals surface area (Å²) in [6, 6.07) is 3.53. The zero-order valence-electron chi connectivity index (χ0n) is 10.5. The maximum Gasteiger partial charge on any atom is 0.172 e. The van der Waals surface area contributed by atoms with E-state index in [0.29, 0.717) is 23.6 Å². The molecule has 18 heavy (non-hydrogen) atoms. The average molecular weight is 246 g/mol. The van der Waals surface area contributed by atoms with Crippen molar-refractivity contribution >= 4 is 6.29 Å². The fourth-order valence-electron chi connectivity index (χ4n) is 1.49. The minimum Gasteiger partial charge on any atom is -0.483 e. The van der Waals surface area contributed by atoms with Gasteiger partial charge in [-0.3, -0.25) is 4.79 Å². The predicted octanol–water partition coefficient (Wildman–Crippen LogP) is 1.22. The van der Waals surface area contributed by atoms with Gasteiger partial charge in [0.1, 0.15) is 23.9 Å². The number of hydrogen-bond donors (Lipinski definition) is 0. The van der Waals surface area contributed by atoms with Crippen LogP contribution in [-0.2, 0) is 13.7 Å².